The molecule has 1 atom stereocenters. The van der Waals surface area contributed by atoms with Crippen molar-refractivity contribution in [3.8, 4) is 11.5 Å². The van der Waals surface area contributed by atoms with Gasteiger partial charge < -0.3 is 20.1 Å². The van der Waals surface area contributed by atoms with Gasteiger partial charge in [-0.1, -0.05) is 19.3 Å². The van der Waals surface area contributed by atoms with Crippen molar-refractivity contribution < 1.29 is 14.3 Å². The molecule has 2 N–H and O–H groups in total. The van der Waals surface area contributed by atoms with Crippen LogP contribution < -0.4 is 20.1 Å². The number of carbonyl (C=O) groups excluding carboxylic acids is 1. The Bertz CT molecular complexity index is 527. The van der Waals surface area contributed by atoms with Crippen LogP contribution in [-0.2, 0) is 4.79 Å². The molecular weight excluding hydrogens is 280 g/mol. The Morgan fingerprint density at radius 3 is 2.64 bits per heavy atom. The van der Waals surface area contributed by atoms with Crippen molar-refractivity contribution in [2.75, 3.05) is 18.5 Å². The van der Waals surface area contributed by atoms with E-state index in [4.69, 9.17) is 9.47 Å². The minimum atomic E-state index is -0.274. The summed E-state index contributed by atoms with van der Waals surface area (Å²) in [7, 11) is 0. The summed E-state index contributed by atoms with van der Waals surface area (Å²) in [5.41, 5.74) is 0.871. The monoisotopic (exact) mass is 304 g/mol. The number of fused-ring (bicyclic) bond motifs is 1. The standard InChI is InChI=1S/C17H24N2O3/c1-12(17(20)19-13-5-3-2-4-6-13)18-14-7-8-15-16(11-14)22-10-9-21-15/h7-8,11-13,18H,2-6,9-10H2,1H3,(H,19,20)/t12-/m1/s1. The lowest BCUT2D eigenvalue weighted by Crippen LogP contribution is -2.44. The zero-order valence-electron chi connectivity index (χ0n) is 13.1. The molecule has 1 saturated carbocycles. The fourth-order valence-corrected chi connectivity index (χ4v) is 3.02. The Hall–Kier alpha value is -1.91. The van der Waals surface area contributed by atoms with Gasteiger partial charge in [-0.2, -0.15) is 0 Å². The van der Waals surface area contributed by atoms with Gasteiger partial charge in [0.15, 0.2) is 11.5 Å². The lowest BCUT2D eigenvalue weighted by atomic mass is 9.95. The quantitative estimate of drug-likeness (QED) is 0.898. The summed E-state index contributed by atoms with van der Waals surface area (Å²) < 4.78 is 11.1. The minimum absolute atomic E-state index is 0.0572. The van der Waals surface area contributed by atoms with E-state index in [-0.39, 0.29) is 11.9 Å². The Morgan fingerprint density at radius 1 is 1.14 bits per heavy atom. The first kappa shape index (κ1) is 15.0. The topological polar surface area (TPSA) is 59.6 Å². The maximum atomic E-state index is 12.3. The van der Waals surface area contributed by atoms with Crippen molar-refractivity contribution in [3.05, 3.63) is 18.2 Å². The number of ether oxygens (including phenoxy) is 2. The number of rotatable bonds is 4. The third-order valence-corrected chi connectivity index (χ3v) is 4.27. The van der Waals surface area contributed by atoms with Gasteiger partial charge in [-0.05, 0) is 31.9 Å². The molecule has 2 aliphatic rings. The van der Waals surface area contributed by atoms with Crippen LogP contribution in [-0.4, -0.2) is 31.2 Å². The van der Waals surface area contributed by atoms with Gasteiger partial charge in [0.25, 0.3) is 0 Å². The van der Waals surface area contributed by atoms with Crippen LogP contribution in [0.5, 0.6) is 11.5 Å². The highest BCUT2D eigenvalue weighted by Gasteiger charge is 2.20. The number of amides is 1. The fourth-order valence-electron chi connectivity index (χ4n) is 3.02. The molecule has 1 heterocycles. The Balaban J connectivity index is 1.56. The van der Waals surface area contributed by atoms with Crippen molar-refractivity contribution >= 4 is 11.6 Å². The van der Waals surface area contributed by atoms with Crippen LogP contribution in [0.3, 0.4) is 0 Å². The Morgan fingerprint density at radius 2 is 1.86 bits per heavy atom. The first-order valence-corrected chi connectivity index (χ1v) is 8.19. The van der Waals surface area contributed by atoms with E-state index in [1.54, 1.807) is 0 Å². The van der Waals surface area contributed by atoms with E-state index in [0.29, 0.717) is 19.3 Å². The van der Waals surface area contributed by atoms with Crippen LogP contribution in [0.25, 0.3) is 0 Å². The second kappa shape index (κ2) is 6.90. The van der Waals surface area contributed by atoms with E-state index in [9.17, 15) is 4.79 Å². The van der Waals surface area contributed by atoms with Crippen LogP contribution in [0.4, 0.5) is 5.69 Å². The van der Waals surface area contributed by atoms with Crippen LogP contribution >= 0.6 is 0 Å². The molecule has 22 heavy (non-hydrogen) atoms. The molecule has 0 aromatic heterocycles. The molecule has 0 radical (unpaired) electrons. The van der Waals surface area contributed by atoms with Gasteiger partial charge in [0.2, 0.25) is 5.91 Å². The summed E-state index contributed by atoms with van der Waals surface area (Å²) in [6, 6.07) is 5.74. The lowest BCUT2D eigenvalue weighted by molar-refractivity contribution is -0.122. The van der Waals surface area contributed by atoms with Gasteiger partial charge in [0.05, 0.1) is 0 Å². The van der Waals surface area contributed by atoms with E-state index in [0.717, 1.165) is 30.0 Å². The van der Waals surface area contributed by atoms with Gasteiger partial charge in [-0.3, -0.25) is 4.79 Å². The van der Waals surface area contributed by atoms with E-state index in [1.165, 1.54) is 19.3 Å². The third kappa shape index (κ3) is 3.64. The largest absolute Gasteiger partial charge is 0.486 e. The number of anilines is 1. The smallest absolute Gasteiger partial charge is 0.242 e. The maximum Gasteiger partial charge on any atom is 0.242 e. The summed E-state index contributed by atoms with van der Waals surface area (Å²) in [6.07, 6.45) is 5.92. The molecule has 5 heteroatoms. The average molecular weight is 304 g/mol. The van der Waals surface area contributed by atoms with Crippen LogP contribution in [0, 0.1) is 0 Å². The Kier molecular flexibility index (Phi) is 4.71. The van der Waals surface area contributed by atoms with E-state index in [1.807, 2.05) is 25.1 Å². The lowest BCUT2D eigenvalue weighted by Gasteiger charge is -2.25. The first-order valence-electron chi connectivity index (χ1n) is 8.19. The molecule has 0 unspecified atom stereocenters. The van der Waals surface area contributed by atoms with Crippen molar-refractivity contribution in [1.29, 1.82) is 0 Å². The van der Waals surface area contributed by atoms with Gasteiger partial charge in [-0.15, -0.1) is 0 Å². The van der Waals surface area contributed by atoms with Crippen molar-refractivity contribution in [2.24, 2.45) is 0 Å². The fraction of sp³-hybridized carbons (Fsp3) is 0.588. The van der Waals surface area contributed by atoms with Crippen molar-refractivity contribution in [2.45, 2.75) is 51.1 Å². The molecule has 1 fully saturated rings. The molecule has 0 saturated heterocycles. The Labute approximate surface area is 131 Å². The molecule has 1 amide bonds. The number of hydrogen-bond donors (Lipinski definition) is 2. The molecule has 1 aromatic rings. The van der Waals surface area contributed by atoms with Gasteiger partial charge in [-0.25, -0.2) is 0 Å². The van der Waals surface area contributed by atoms with Crippen molar-refractivity contribution in [1.82, 2.24) is 5.32 Å². The molecule has 0 bridgehead atoms. The number of nitrogens with one attached hydrogen (secondary N) is 2. The van der Waals surface area contributed by atoms with Crippen molar-refractivity contribution in [3.63, 3.8) is 0 Å². The number of benzene rings is 1. The SMILES string of the molecule is C[C@@H](Nc1ccc2c(c1)OCCO2)C(=O)NC1CCCCC1. The van der Waals surface area contributed by atoms with Gasteiger partial charge in [0.1, 0.15) is 19.3 Å². The van der Waals surface area contributed by atoms with Gasteiger partial charge in [0, 0.05) is 17.8 Å². The molecule has 120 valence electrons. The highest BCUT2D eigenvalue weighted by molar-refractivity contribution is 5.84. The molecule has 5 nitrogen and oxygen atoms in total. The molecule has 1 aliphatic heterocycles. The van der Waals surface area contributed by atoms with Crippen LogP contribution in [0.15, 0.2) is 18.2 Å². The molecule has 1 aliphatic carbocycles. The van der Waals surface area contributed by atoms with E-state index in [2.05, 4.69) is 10.6 Å². The normalized spacial score (nSPS) is 19.3. The summed E-state index contributed by atoms with van der Waals surface area (Å²) >= 11 is 0. The number of carbonyl (C=O) groups is 1. The third-order valence-electron chi connectivity index (χ3n) is 4.27. The minimum Gasteiger partial charge on any atom is -0.486 e. The second-order valence-electron chi connectivity index (χ2n) is 6.07. The zero-order chi connectivity index (χ0) is 15.4. The second-order valence-corrected chi connectivity index (χ2v) is 6.07. The molecular formula is C17H24N2O3. The predicted molar refractivity (Wildman–Crippen MR) is 85.5 cm³/mol. The maximum absolute atomic E-state index is 12.3. The predicted octanol–water partition coefficient (Wildman–Crippen LogP) is 2.71. The zero-order valence-corrected chi connectivity index (χ0v) is 13.1. The average Bonchev–Trinajstić information content (AvgIpc) is 2.55. The summed E-state index contributed by atoms with van der Waals surface area (Å²) in [6.45, 7) is 3.03. The summed E-state index contributed by atoms with van der Waals surface area (Å²) in [4.78, 5) is 12.3. The first-order chi connectivity index (χ1) is 10.7. The van der Waals surface area contributed by atoms with Crippen LogP contribution in [0.2, 0.25) is 0 Å². The summed E-state index contributed by atoms with van der Waals surface area (Å²) in [5, 5.41) is 6.38. The van der Waals surface area contributed by atoms with Gasteiger partial charge >= 0.3 is 0 Å². The molecule has 3 rings (SSSR count). The molecule has 0 spiro atoms. The van der Waals surface area contributed by atoms with E-state index < -0.39 is 0 Å². The highest BCUT2D eigenvalue weighted by Crippen LogP contribution is 2.32. The summed E-state index contributed by atoms with van der Waals surface area (Å²) in [5.74, 6) is 1.55. The highest BCUT2D eigenvalue weighted by atomic mass is 16.6. The van der Waals surface area contributed by atoms with Crippen LogP contribution in [0.1, 0.15) is 39.0 Å². The number of hydrogen-bond acceptors (Lipinski definition) is 4. The van der Waals surface area contributed by atoms with E-state index >= 15 is 0 Å². The molecule has 1 aromatic carbocycles.